The van der Waals surface area contributed by atoms with Gasteiger partial charge in [-0.2, -0.15) is 0 Å². The van der Waals surface area contributed by atoms with Crippen molar-refractivity contribution in [2.75, 3.05) is 13.7 Å². The number of benzene rings is 1. The van der Waals surface area contributed by atoms with E-state index in [2.05, 4.69) is 37.3 Å². The van der Waals surface area contributed by atoms with Gasteiger partial charge < -0.3 is 14.2 Å². The Morgan fingerprint density at radius 1 is 1.07 bits per heavy atom. The monoisotopic (exact) mass is 396 g/mol. The minimum absolute atomic E-state index is 0.0396. The van der Waals surface area contributed by atoms with Gasteiger partial charge in [0.2, 0.25) is 0 Å². The molecule has 4 heteroatoms. The molecule has 2 aliphatic heterocycles. The van der Waals surface area contributed by atoms with Crippen LogP contribution in [0.15, 0.2) is 30.3 Å². The van der Waals surface area contributed by atoms with Crippen LogP contribution in [-0.2, 0) is 19.0 Å². The molecule has 1 aromatic carbocycles. The van der Waals surface area contributed by atoms with Gasteiger partial charge >= 0.3 is 5.97 Å². The molecule has 4 nitrogen and oxygen atoms in total. The Kier molecular flexibility index (Phi) is 4.15. The molecule has 2 saturated heterocycles. The van der Waals surface area contributed by atoms with Crippen molar-refractivity contribution in [3.8, 4) is 0 Å². The SMILES string of the molecule is COC(=O)[C@@]12[C@@H]3[C@@H]([C@@H](C)[C@@H](c4ccccc4)O[C@H]4CCC[C@@H]1[C@@H]34)[C@@H]1OCCC[C@@H]12. The predicted molar refractivity (Wildman–Crippen MR) is 108 cm³/mol. The minimum atomic E-state index is -0.336. The summed E-state index contributed by atoms with van der Waals surface area (Å²) in [4.78, 5) is 13.4. The molecule has 0 aromatic heterocycles. The van der Waals surface area contributed by atoms with Crippen molar-refractivity contribution in [3.63, 3.8) is 0 Å². The second kappa shape index (κ2) is 6.55. The van der Waals surface area contributed by atoms with Crippen molar-refractivity contribution < 1.29 is 19.0 Å². The molecule has 29 heavy (non-hydrogen) atoms. The van der Waals surface area contributed by atoms with E-state index < -0.39 is 0 Å². The van der Waals surface area contributed by atoms with Gasteiger partial charge in [-0.25, -0.2) is 0 Å². The topological polar surface area (TPSA) is 44.8 Å². The first-order valence-electron chi connectivity index (χ1n) is 11.6. The standard InChI is InChI=1S/C25H32O4/c1-14-19-21-20-16(25(21,24(26)27-2)17-11-7-13-28-23(17)19)10-6-12-18(20)29-22(14)15-8-4-3-5-9-15/h3-5,8-9,14,16-23H,6-7,10-13H2,1-2H3/t14-,16-,17+,18+,19-,20-,21-,22+,23-,25+/m1/s1. The van der Waals surface area contributed by atoms with Crippen LogP contribution in [-0.4, -0.2) is 31.9 Å². The van der Waals surface area contributed by atoms with E-state index in [0.29, 0.717) is 35.5 Å². The predicted octanol–water partition coefficient (Wildman–Crippen LogP) is 4.39. The van der Waals surface area contributed by atoms with Crippen LogP contribution in [0.3, 0.4) is 0 Å². The van der Waals surface area contributed by atoms with Crippen molar-refractivity contribution in [3.05, 3.63) is 35.9 Å². The van der Waals surface area contributed by atoms with Gasteiger partial charge in [-0.05, 0) is 60.8 Å². The molecule has 1 aromatic rings. The number of fused-ring (bicyclic) bond motifs is 4. The summed E-state index contributed by atoms with van der Waals surface area (Å²) in [6, 6.07) is 10.7. The summed E-state index contributed by atoms with van der Waals surface area (Å²) < 4.78 is 18.9. The Balaban J connectivity index is 1.50. The molecule has 5 aliphatic rings. The third kappa shape index (κ3) is 2.20. The minimum Gasteiger partial charge on any atom is -0.469 e. The first kappa shape index (κ1) is 18.4. The normalized spacial score (nSPS) is 49.9. The highest BCUT2D eigenvalue weighted by atomic mass is 16.5. The van der Waals surface area contributed by atoms with Crippen molar-refractivity contribution >= 4 is 5.97 Å². The summed E-state index contributed by atoms with van der Waals surface area (Å²) in [5, 5.41) is 0. The quantitative estimate of drug-likeness (QED) is 0.696. The van der Waals surface area contributed by atoms with E-state index in [1.54, 1.807) is 7.11 Å². The molecule has 156 valence electrons. The second-order valence-electron chi connectivity index (χ2n) is 10.1. The van der Waals surface area contributed by atoms with E-state index in [1.807, 2.05) is 0 Å². The number of esters is 1. The van der Waals surface area contributed by atoms with Crippen LogP contribution < -0.4 is 0 Å². The second-order valence-corrected chi connectivity index (χ2v) is 10.1. The zero-order valence-electron chi connectivity index (χ0n) is 17.5. The Morgan fingerprint density at radius 2 is 1.86 bits per heavy atom. The van der Waals surface area contributed by atoms with Crippen molar-refractivity contribution in [1.29, 1.82) is 0 Å². The Bertz CT molecular complexity index is 793. The van der Waals surface area contributed by atoms with E-state index >= 15 is 0 Å². The average molecular weight is 397 g/mol. The molecule has 6 rings (SSSR count). The lowest BCUT2D eigenvalue weighted by Gasteiger charge is -2.63. The van der Waals surface area contributed by atoms with Crippen LogP contribution in [0.5, 0.6) is 0 Å². The molecule has 5 fully saturated rings. The summed E-state index contributed by atoms with van der Waals surface area (Å²) in [7, 11) is 1.58. The summed E-state index contributed by atoms with van der Waals surface area (Å²) >= 11 is 0. The fraction of sp³-hybridized carbons (Fsp3) is 0.720. The molecule has 3 saturated carbocycles. The zero-order valence-corrected chi connectivity index (χ0v) is 17.5. The van der Waals surface area contributed by atoms with Crippen LogP contribution in [0.2, 0.25) is 0 Å². The highest BCUT2D eigenvalue weighted by Crippen LogP contribution is 2.77. The number of rotatable bonds is 2. The molecule has 10 atom stereocenters. The fourth-order valence-corrected chi connectivity index (χ4v) is 8.60. The van der Waals surface area contributed by atoms with Gasteiger partial charge in [-0.3, -0.25) is 4.79 Å². The maximum absolute atomic E-state index is 13.4. The maximum atomic E-state index is 13.4. The van der Waals surface area contributed by atoms with E-state index in [-0.39, 0.29) is 29.7 Å². The van der Waals surface area contributed by atoms with Crippen molar-refractivity contribution in [2.45, 2.75) is 57.3 Å². The van der Waals surface area contributed by atoms with Gasteiger partial charge in [0.05, 0.1) is 30.8 Å². The number of carbonyl (C=O) groups excluding carboxylic acids is 1. The smallest absolute Gasteiger partial charge is 0.312 e. The highest BCUT2D eigenvalue weighted by molar-refractivity contribution is 5.81. The van der Waals surface area contributed by atoms with E-state index in [9.17, 15) is 4.79 Å². The molecule has 2 heterocycles. The summed E-state index contributed by atoms with van der Waals surface area (Å²) in [5.74, 6) is 2.29. The molecule has 0 spiro atoms. The van der Waals surface area contributed by atoms with Gasteiger partial charge in [0.25, 0.3) is 0 Å². The van der Waals surface area contributed by atoms with E-state index in [1.165, 1.54) is 5.56 Å². The lowest BCUT2D eigenvalue weighted by Crippen LogP contribution is -2.66. The number of ether oxygens (including phenoxy) is 3. The number of hydrogen-bond acceptors (Lipinski definition) is 4. The summed E-state index contributed by atoms with van der Waals surface area (Å²) in [6.07, 6.45) is 6.07. The number of carbonyl (C=O) groups is 1. The number of methoxy groups -OCH3 is 1. The van der Waals surface area contributed by atoms with Gasteiger partial charge in [0.15, 0.2) is 0 Å². The molecule has 0 unspecified atom stereocenters. The Labute approximate surface area is 173 Å². The molecule has 0 amide bonds. The van der Waals surface area contributed by atoms with Crippen LogP contribution >= 0.6 is 0 Å². The van der Waals surface area contributed by atoms with Gasteiger partial charge in [-0.15, -0.1) is 0 Å². The van der Waals surface area contributed by atoms with Crippen molar-refractivity contribution in [2.24, 2.45) is 40.9 Å². The average Bonchev–Trinajstić information content (AvgIpc) is 2.93. The first-order valence-corrected chi connectivity index (χ1v) is 11.6. The lowest BCUT2D eigenvalue weighted by atomic mass is 9.40. The van der Waals surface area contributed by atoms with Crippen LogP contribution in [0, 0.1) is 40.9 Å². The van der Waals surface area contributed by atoms with Gasteiger partial charge in [0.1, 0.15) is 0 Å². The molecular formula is C25H32O4. The molecule has 0 radical (unpaired) electrons. The zero-order chi connectivity index (χ0) is 19.8. The van der Waals surface area contributed by atoms with E-state index in [0.717, 1.165) is 38.7 Å². The molecule has 3 aliphatic carbocycles. The summed E-state index contributed by atoms with van der Waals surface area (Å²) in [6.45, 7) is 3.17. The molecule has 0 bridgehead atoms. The van der Waals surface area contributed by atoms with Crippen LogP contribution in [0.25, 0.3) is 0 Å². The van der Waals surface area contributed by atoms with Crippen molar-refractivity contribution in [1.82, 2.24) is 0 Å². The lowest BCUT2D eigenvalue weighted by molar-refractivity contribution is -0.227. The third-order valence-electron chi connectivity index (χ3n) is 9.32. The summed E-state index contributed by atoms with van der Waals surface area (Å²) in [5.41, 5.74) is 0.933. The molecular weight excluding hydrogens is 364 g/mol. The largest absolute Gasteiger partial charge is 0.469 e. The maximum Gasteiger partial charge on any atom is 0.312 e. The van der Waals surface area contributed by atoms with E-state index in [4.69, 9.17) is 14.2 Å². The molecule has 0 N–H and O–H groups in total. The van der Waals surface area contributed by atoms with Gasteiger partial charge in [0, 0.05) is 12.5 Å². The third-order valence-corrected chi connectivity index (χ3v) is 9.32. The fourth-order valence-electron chi connectivity index (χ4n) is 8.60. The highest BCUT2D eigenvalue weighted by Gasteiger charge is 2.80. The Morgan fingerprint density at radius 3 is 2.66 bits per heavy atom. The Hall–Kier alpha value is -1.39. The first-order chi connectivity index (χ1) is 14.2. The van der Waals surface area contributed by atoms with Crippen LogP contribution in [0.4, 0.5) is 0 Å². The van der Waals surface area contributed by atoms with Crippen LogP contribution in [0.1, 0.15) is 50.7 Å². The number of hydrogen-bond donors (Lipinski definition) is 0. The van der Waals surface area contributed by atoms with Gasteiger partial charge in [-0.1, -0.05) is 43.7 Å².